The molecule has 2 aromatic heterocycles. The Morgan fingerprint density at radius 2 is 1.46 bits per heavy atom. The minimum absolute atomic E-state index is 0.00948. The van der Waals surface area contributed by atoms with Gasteiger partial charge >= 0.3 is 0 Å². The van der Waals surface area contributed by atoms with Gasteiger partial charge in [-0.3, -0.25) is 0 Å². The summed E-state index contributed by atoms with van der Waals surface area (Å²) in [5, 5.41) is 10.6. The first kappa shape index (κ1) is 7.72. The second kappa shape index (κ2) is 9.98. The molecule has 3 aromatic carbocycles. The van der Waals surface area contributed by atoms with Gasteiger partial charge in [-0.15, -0.1) is 21.5 Å². The Balaban J connectivity index is 1.68. The van der Waals surface area contributed by atoms with Gasteiger partial charge in [0.25, 0.3) is 0 Å². The van der Waals surface area contributed by atoms with Crippen molar-refractivity contribution >= 4 is 31.5 Å². The van der Waals surface area contributed by atoms with Gasteiger partial charge in [0.05, 0.1) is 18.0 Å². The number of thiophene rings is 1. The lowest BCUT2D eigenvalue weighted by molar-refractivity contribution is 0.408. The second-order valence-electron chi connectivity index (χ2n) is 7.72. The number of hydrogen-bond acceptors (Lipinski definition) is 4. The standard InChI is InChI=1S/C33H33N3S/c1-3-10-22(11-4-1)31-32(23-12-5-2-6-13-23)34-36-35-33(31)26-15-9-14-24(20-26)25-18-19-30-28(21-25)27-16-7-8-17-29(27)37-30/h7-9,14-23H,1-6,10-13H2/i1D2,2D2,3D2,4D2,5D2,6D2,7D,8D,9D,10D,11D2,12D,13D2,14D,15D,16D,17D,18D,19D,22D,23D. The Morgan fingerprint density at radius 3 is 2.38 bits per heavy atom. The van der Waals surface area contributed by atoms with Gasteiger partial charge in [0.2, 0.25) is 0 Å². The Kier molecular flexibility index (Phi) is 2.08. The average Bonchev–Trinajstić information content (AvgIpc) is 3.62. The lowest BCUT2D eigenvalue weighted by Gasteiger charge is -2.29. The number of fused-ring (bicyclic) bond motifs is 3. The van der Waals surface area contributed by atoms with Gasteiger partial charge in [0.15, 0.2) is 0 Å². The van der Waals surface area contributed by atoms with Gasteiger partial charge in [0.1, 0.15) is 5.69 Å². The van der Waals surface area contributed by atoms with Crippen LogP contribution in [0.3, 0.4) is 0 Å². The maximum atomic E-state index is 9.82. The molecule has 0 saturated heterocycles. The molecule has 4 heteroatoms. The summed E-state index contributed by atoms with van der Waals surface area (Å²) in [4.78, 5) is 0. The van der Waals surface area contributed by atoms with Gasteiger partial charge in [-0.05, 0) is 72.0 Å². The molecule has 2 aliphatic carbocycles. The lowest BCUT2D eigenvalue weighted by Crippen LogP contribution is -2.17. The molecule has 0 N–H and O–H groups in total. The zero-order valence-electron chi connectivity index (χ0n) is 47.6. The van der Waals surface area contributed by atoms with Crippen molar-refractivity contribution in [1.29, 1.82) is 0 Å². The Morgan fingerprint density at radius 1 is 0.703 bits per heavy atom. The van der Waals surface area contributed by atoms with Crippen molar-refractivity contribution in [2.45, 2.75) is 75.6 Å². The molecular formula is C33H33N3S. The molecule has 7 rings (SSSR count). The van der Waals surface area contributed by atoms with Gasteiger partial charge < -0.3 is 0 Å². The molecule has 37 heavy (non-hydrogen) atoms. The van der Waals surface area contributed by atoms with Crippen LogP contribution in [-0.4, -0.2) is 15.4 Å². The highest BCUT2D eigenvalue weighted by atomic mass is 32.1. The second-order valence-corrected chi connectivity index (χ2v) is 8.74. The van der Waals surface area contributed by atoms with Gasteiger partial charge in [-0.25, -0.2) is 0 Å². The van der Waals surface area contributed by atoms with Gasteiger partial charge in [0, 0.05) is 64.6 Å². The summed E-state index contributed by atoms with van der Waals surface area (Å²) in [5.74, 6) is -8.24. The van der Waals surface area contributed by atoms with Crippen LogP contribution in [0, 0.1) is 0 Å². The maximum absolute atomic E-state index is 9.82. The molecule has 0 amide bonds. The number of nitrogens with zero attached hydrogens (tertiary/aromatic N) is 3. The highest BCUT2D eigenvalue weighted by molar-refractivity contribution is 7.25. The number of benzene rings is 3. The van der Waals surface area contributed by atoms with Crippen molar-refractivity contribution in [3.05, 3.63) is 77.8 Å². The van der Waals surface area contributed by atoms with E-state index in [2.05, 4.69) is 15.4 Å². The zero-order valence-corrected chi connectivity index (χ0v) is 19.4. The molecule has 5 aromatic rings. The fraction of sp³-hybridized carbons (Fsp3) is 0.364. The van der Waals surface area contributed by atoms with E-state index >= 15 is 0 Å². The molecule has 2 saturated carbocycles. The van der Waals surface area contributed by atoms with Crippen molar-refractivity contribution in [2.24, 2.45) is 0 Å². The first-order valence-corrected chi connectivity index (χ1v) is 11.6. The van der Waals surface area contributed by atoms with Crippen LogP contribution in [0.15, 0.2) is 66.5 Å². The third kappa shape index (κ3) is 4.35. The number of rotatable bonds is 4. The molecular weight excluding hydrogens is 470 g/mol. The van der Waals surface area contributed by atoms with Crippen LogP contribution in [0.1, 0.15) is 127 Å². The van der Waals surface area contributed by atoms with E-state index in [1.807, 2.05) is 0 Å². The molecule has 0 bridgehead atoms. The van der Waals surface area contributed by atoms with E-state index in [1.165, 1.54) is 0 Å². The predicted molar refractivity (Wildman–Crippen MR) is 155 cm³/mol. The molecule has 4 unspecified atom stereocenters. The predicted octanol–water partition coefficient (Wildman–Crippen LogP) is 9.67. The van der Waals surface area contributed by atoms with Crippen LogP contribution in [0.5, 0.6) is 0 Å². The molecule has 0 spiro atoms. The molecule has 0 aliphatic heterocycles. The number of aromatic nitrogens is 3. The fourth-order valence-electron chi connectivity index (χ4n) is 3.95. The van der Waals surface area contributed by atoms with E-state index in [0.29, 0.717) is 0 Å². The smallest absolute Gasteiger partial charge is 0.100 e. The van der Waals surface area contributed by atoms with Crippen molar-refractivity contribution in [2.75, 3.05) is 0 Å². The van der Waals surface area contributed by atoms with Crippen LogP contribution < -0.4 is 0 Å². The minimum Gasteiger partial charge on any atom is -0.135 e. The average molecular weight is 533 g/mol. The first-order chi connectivity index (χ1) is 29.7. The van der Waals surface area contributed by atoms with Crippen molar-refractivity contribution in [3.63, 3.8) is 0 Å². The van der Waals surface area contributed by atoms with E-state index < -0.39 is 164 Å². The molecule has 4 atom stereocenters. The Hall–Kier alpha value is -3.11. The van der Waals surface area contributed by atoms with E-state index in [4.69, 9.17) is 37.0 Å². The molecule has 2 heterocycles. The summed E-state index contributed by atoms with van der Waals surface area (Å²) < 4.78 is 254. The van der Waals surface area contributed by atoms with Crippen LogP contribution in [-0.2, 0) is 0 Å². The quantitative estimate of drug-likeness (QED) is 0.231. The fourth-order valence-corrected chi connectivity index (χ4v) is 4.89. The Bertz CT molecular complexity index is 2930. The molecule has 186 valence electrons. The van der Waals surface area contributed by atoms with Crippen molar-refractivity contribution < 1.29 is 39.8 Å². The summed E-state index contributed by atoms with van der Waals surface area (Å²) in [6.07, 6.45) is -39.3. The first-order valence-electron chi connectivity index (χ1n) is 25.5. The van der Waals surface area contributed by atoms with Crippen molar-refractivity contribution in [1.82, 2.24) is 15.4 Å². The summed E-state index contributed by atoms with van der Waals surface area (Å²) in [7, 11) is 0. The zero-order chi connectivity index (χ0) is 50.4. The Labute approximate surface area is 263 Å². The van der Waals surface area contributed by atoms with E-state index in [9.17, 15) is 2.74 Å². The van der Waals surface area contributed by atoms with Crippen LogP contribution in [0.2, 0.25) is 0 Å². The molecule has 3 nitrogen and oxygen atoms in total. The topological polar surface area (TPSA) is 38.7 Å². The summed E-state index contributed by atoms with van der Waals surface area (Å²) in [6.45, 7) is 0. The summed E-state index contributed by atoms with van der Waals surface area (Å²) in [6, 6.07) is -4.81. The summed E-state index contributed by atoms with van der Waals surface area (Å²) in [5.41, 5.74) is -6.64. The lowest BCUT2D eigenvalue weighted by atomic mass is 9.77. The van der Waals surface area contributed by atoms with Crippen LogP contribution in [0.25, 0.3) is 42.6 Å². The monoisotopic (exact) mass is 532 g/mol. The minimum atomic E-state index is -4.29. The van der Waals surface area contributed by atoms with E-state index in [1.54, 1.807) is 0 Å². The van der Waals surface area contributed by atoms with Gasteiger partial charge in [-0.1, -0.05) is 80.5 Å². The number of hydrogen-bond donors (Lipinski definition) is 0. The molecule has 2 aliphatic rings. The largest absolute Gasteiger partial charge is 0.135 e. The maximum Gasteiger partial charge on any atom is 0.100 e. The van der Waals surface area contributed by atoms with E-state index in [0.717, 1.165) is 23.5 Å². The van der Waals surface area contributed by atoms with Crippen LogP contribution in [0.4, 0.5) is 0 Å². The van der Waals surface area contributed by atoms with E-state index in [-0.39, 0.29) is 20.2 Å². The molecule has 0 radical (unpaired) electrons. The van der Waals surface area contributed by atoms with Crippen LogP contribution >= 0.6 is 11.3 Å². The third-order valence-corrected chi connectivity index (χ3v) is 6.62. The summed E-state index contributed by atoms with van der Waals surface area (Å²) >= 11 is 0.750. The SMILES string of the molecule is [2H]c1c(-c2cc3c(sc4c([2H])c([2H])c([2H])c([2H])c43)c([2H])c2[2H])cc(-c2nnnc(C3([2H])C([2H])C([2H])([2H])C([2H])([2H])C([2H])([2H])C3([2H])[2H])c2C2([2H])C([2H])C([2H])([2H])C([2H])([2H])C([2H])([2H])C2([2H])[2H])c([2H])c1[2H]. The highest BCUT2D eigenvalue weighted by Gasteiger charge is 2.29. The highest BCUT2D eigenvalue weighted by Crippen LogP contribution is 2.44. The van der Waals surface area contributed by atoms with Gasteiger partial charge in [-0.2, -0.15) is 0 Å². The molecule has 2 fully saturated rings. The third-order valence-electron chi connectivity index (χ3n) is 5.58. The normalized spacial score (nSPS) is 50.6. The van der Waals surface area contributed by atoms with Crippen molar-refractivity contribution in [3.8, 4) is 22.4 Å².